The lowest BCUT2D eigenvalue weighted by atomic mass is 10.3. The van der Waals surface area contributed by atoms with E-state index in [9.17, 15) is 9.59 Å². The number of hydrogen-bond acceptors (Lipinski definition) is 3. The largest absolute Gasteiger partial charge is 0.478 e. The number of carboxylic acid groups (broad SMARTS) is 1. The lowest BCUT2D eigenvalue weighted by Gasteiger charge is -2.13. The van der Waals surface area contributed by atoms with Gasteiger partial charge in [-0.05, 0) is 45.3 Å². The number of carbonyl (C=O) groups excluding carboxylic acids is 1. The molecule has 1 aliphatic heterocycles. The molecule has 0 aromatic rings. The van der Waals surface area contributed by atoms with Gasteiger partial charge in [-0.3, -0.25) is 4.79 Å². The molecule has 0 unspecified atom stereocenters. The van der Waals surface area contributed by atoms with Crippen LogP contribution in [0.4, 0.5) is 0 Å². The molecule has 1 rings (SSSR count). The van der Waals surface area contributed by atoms with Crippen LogP contribution >= 0.6 is 0 Å². The number of rotatable bonds is 7. The van der Waals surface area contributed by atoms with Crippen molar-refractivity contribution in [3.05, 3.63) is 12.2 Å². The summed E-state index contributed by atoms with van der Waals surface area (Å²) in [5, 5.41) is 11.0. The van der Waals surface area contributed by atoms with E-state index in [4.69, 9.17) is 5.11 Å². The summed E-state index contributed by atoms with van der Waals surface area (Å²) in [6.07, 6.45) is 6.50. The SMILES string of the molecule is O=C(O)/C=C\C(=O)NCCCCN1CCCC1. The minimum atomic E-state index is -1.10. The van der Waals surface area contributed by atoms with Gasteiger partial charge in [0.25, 0.3) is 0 Å². The van der Waals surface area contributed by atoms with Crippen LogP contribution in [-0.2, 0) is 9.59 Å². The molecule has 0 spiro atoms. The van der Waals surface area contributed by atoms with E-state index < -0.39 is 5.97 Å². The van der Waals surface area contributed by atoms with Gasteiger partial charge in [0.05, 0.1) is 0 Å². The summed E-state index contributed by atoms with van der Waals surface area (Å²) in [5.41, 5.74) is 0. The molecule has 0 aromatic carbocycles. The molecule has 1 saturated heterocycles. The van der Waals surface area contributed by atoms with E-state index in [1.165, 1.54) is 25.9 Å². The maximum absolute atomic E-state index is 11.1. The number of aliphatic carboxylic acids is 1. The molecule has 0 aromatic heterocycles. The first-order valence-corrected chi connectivity index (χ1v) is 6.09. The molecule has 1 fully saturated rings. The Kier molecular flexibility index (Phi) is 6.32. The fourth-order valence-electron chi connectivity index (χ4n) is 1.88. The molecule has 1 aliphatic rings. The van der Waals surface area contributed by atoms with Gasteiger partial charge >= 0.3 is 5.97 Å². The Hall–Kier alpha value is -1.36. The van der Waals surface area contributed by atoms with E-state index in [1.807, 2.05) is 0 Å². The highest BCUT2D eigenvalue weighted by Gasteiger charge is 2.09. The molecule has 96 valence electrons. The average molecular weight is 240 g/mol. The second kappa shape index (κ2) is 7.84. The molecule has 5 heteroatoms. The summed E-state index contributed by atoms with van der Waals surface area (Å²) in [6.45, 7) is 4.11. The average Bonchev–Trinajstić information content (AvgIpc) is 2.79. The van der Waals surface area contributed by atoms with Crippen molar-refractivity contribution in [1.29, 1.82) is 0 Å². The van der Waals surface area contributed by atoms with E-state index in [1.54, 1.807) is 0 Å². The van der Waals surface area contributed by atoms with Gasteiger partial charge in [0.2, 0.25) is 5.91 Å². The van der Waals surface area contributed by atoms with Gasteiger partial charge in [-0.1, -0.05) is 0 Å². The molecular formula is C12H20N2O3. The number of carboxylic acids is 1. The minimum absolute atomic E-state index is 0.339. The number of likely N-dealkylation sites (tertiary alicyclic amines) is 1. The second-order valence-corrected chi connectivity index (χ2v) is 4.22. The van der Waals surface area contributed by atoms with Gasteiger partial charge in [-0.25, -0.2) is 4.79 Å². The first-order chi connectivity index (χ1) is 8.18. The molecule has 5 nitrogen and oxygen atoms in total. The van der Waals surface area contributed by atoms with Crippen LogP contribution in [0.2, 0.25) is 0 Å². The van der Waals surface area contributed by atoms with Crippen LogP contribution in [0.15, 0.2) is 12.2 Å². The van der Waals surface area contributed by atoms with E-state index >= 15 is 0 Å². The van der Waals surface area contributed by atoms with Gasteiger partial charge in [0.15, 0.2) is 0 Å². The highest BCUT2D eigenvalue weighted by Crippen LogP contribution is 2.07. The Bertz CT molecular complexity index is 283. The monoisotopic (exact) mass is 240 g/mol. The van der Waals surface area contributed by atoms with E-state index in [-0.39, 0.29) is 5.91 Å². The van der Waals surface area contributed by atoms with E-state index in [2.05, 4.69) is 10.2 Å². The van der Waals surface area contributed by atoms with Crippen molar-refractivity contribution >= 4 is 11.9 Å². The number of amides is 1. The lowest BCUT2D eigenvalue weighted by molar-refractivity contribution is -0.131. The van der Waals surface area contributed by atoms with Gasteiger partial charge < -0.3 is 15.3 Å². The van der Waals surface area contributed by atoms with Crippen LogP contribution in [0.1, 0.15) is 25.7 Å². The second-order valence-electron chi connectivity index (χ2n) is 4.22. The zero-order valence-corrected chi connectivity index (χ0v) is 10.0. The summed E-state index contributed by atoms with van der Waals surface area (Å²) >= 11 is 0. The topological polar surface area (TPSA) is 69.6 Å². The van der Waals surface area contributed by atoms with Crippen molar-refractivity contribution < 1.29 is 14.7 Å². The Labute approximate surface area is 101 Å². The standard InChI is InChI=1S/C12H20N2O3/c15-11(5-6-12(16)17)13-7-1-2-8-14-9-3-4-10-14/h5-6H,1-4,7-10H2,(H,13,15)(H,16,17)/b6-5-. The Balaban J connectivity index is 1.96. The maximum Gasteiger partial charge on any atom is 0.328 e. The third-order valence-corrected chi connectivity index (χ3v) is 2.78. The number of carbonyl (C=O) groups is 2. The van der Waals surface area contributed by atoms with Crippen LogP contribution < -0.4 is 5.32 Å². The van der Waals surface area contributed by atoms with Crippen LogP contribution in [0.5, 0.6) is 0 Å². The van der Waals surface area contributed by atoms with Crippen molar-refractivity contribution in [1.82, 2.24) is 10.2 Å². The summed E-state index contributed by atoms with van der Waals surface area (Å²) in [6, 6.07) is 0. The van der Waals surface area contributed by atoms with Crippen LogP contribution in [0, 0.1) is 0 Å². The summed E-state index contributed by atoms with van der Waals surface area (Å²) in [4.78, 5) is 23.7. The fraction of sp³-hybridized carbons (Fsp3) is 0.667. The molecule has 0 radical (unpaired) electrons. The van der Waals surface area contributed by atoms with Gasteiger partial charge in [-0.15, -0.1) is 0 Å². The number of unbranched alkanes of at least 4 members (excludes halogenated alkanes) is 1. The molecule has 0 aliphatic carbocycles. The minimum Gasteiger partial charge on any atom is -0.478 e. The van der Waals surface area contributed by atoms with E-state index in [0.29, 0.717) is 6.54 Å². The smallest absolute Gasteiger partial charge is 0.328 e. The Morgan fingerprint density at radius 3 is 2.53 bits per heavy atom. The predicted octanol–water partition coefficient (Wildman–Crippen LogP) is 0.619. The van der Waals surface area contributed by atoms with Crippen molar-refractivity contribution in [3.8, 4) is 0 Å². The molecular weight excluding hydrogens is 220 g/mol. The fourth-order valence-corrected chi connectivity index (χ4v) is 1.88. The summed E-state index contributed by atoms with van der Waals surface area (Å²) < 4.78 is 0. The van der Waals surface area contributed by atoms with Gasteiger partial charge in [0, 0.05) is 18.7 Å². The van der Waals surface area contributed by atoms with Crippen molar-refractivity contribution in [3.63, 3.8) is 0 Å². The van der Waals surface area contributed by atoms with Crippen molar-refractivity contribution in [2.24, 2.45) is 0 Å². The highest BCUT2D eigenvalue weighted by molar-refractivity contribution is 5.93. The maximum atomic E-state index is 11.1. The molecule has 0 saturated carbocycles. The summed E-state index contributed by atoms with van der Waals surface area (Å²) in [5.74, 6) is -1.44. The quantitative estimate of drug-likeness (QED) is 0.505. The third-order valence-electron chi connectivity index (χ3n) is 2.78. The van der Waals surface area contributed by atoms with Gasteiger partial charge in [-0.2, -0.15) is 0 Å². The lowest BCUT2D eigenvalue weighted by Crippen LogP contribution is -2.24. The number of nitrogens with zero attached hydrogens (tertiary/aromatic N) is 1. The van der Waals surface area contributed by atoms with E-state index in [0.717, 1.165) is 31.5 Å². The van der Waals surface area contributed by atoms with Crippen LogP contribution in [0.25, 0.3) is 0 Å². The van der Waals surface area contributed by atoms with Crippen molar-refractivity contribution in [2.45, 2.75) is 25.7 Å². The molecule has 17 heavy (non-hydrogen) atoms. The third kappa shape index (κ3) is 6.73. The van der Waals surface area contributed by atoms with Crippen LogP contribution in [0.3, 0.4) is 0 Å². The Morgan fingerprint density at radius 2 is 1.88 bits per heavy atom. The van der Waals surface area contributed by atoms with Crippen LogP contribution in [-0.4, -0.2) is 48.1 Å². The Morgan fingerprint density at radius 1 is 1.18 bits per heavy atom. The zero-order valence-electron chi connectivity index (χ0n) is 10.0. The normalized spacial score (nSPS) is 16.5. The number of hydrogen-bond donors (Lipinski definition) is 2. The predicted molar refractivity (Wildman–Crippen MR) is 64.7 cm³/mol. The molecule has 0 bridgehead atoms. The molecule has 1 amide bonds. The zero-order chi connectivity index (χ0) is 12.5. The highest BCUT2D eigenvalue weighted by atomic mass is 16.4. The molecule has 2 N–H and O–H groups in total. The van der Waals surface area contributed by atoms with Gasteiger partial charge in [0.1, 0.15) is 0 Å². The molecule has 0 atom stereocenters. The first-order valence-electron chi connectivity index (χ1n) is 6.09. The van der Waals surface area contributed by atoms with Crippen molar-refractivity contribution in [2.75, 3.05) is 26.2 Å². The summed E-state index contributed by atoms with van der Waals surface area (Å²) in [7, 11) is 0. The molecule has 1 heterocycles. The number of nitrogens with one attached hydrogen (secondary N) is 1. The first kappa shape index (κ1) is 13.7.